The Morgan fingerprint density at radius 3 is 2.47 bits per heavy atom. The van der Waals surface area contributed by atoms with Crippen LogP contribution in [-0.4, -0.2) is 41.0 Å². The van der Waals surface area contributed by atoms with Crippen LogP contribution in [0.1, 0.15) is 39.0 Å². The van der Waals surface area contributed by atoms with E-state index >= 15 is 0 Å². The van der Waals surface area contributed by atoms with E-state index in [1.807, 2.05) is 0 Å². The summed E-state index contributed by atoms with van der Waals surface area (Å²) in [6.45, 7) is 1.52. The SMILES string of the molecule is CC(C(=O)O)N(C)C(=O)C1CCCCCC1N. The maximum absolute atomic E-state index is 12.2. The number of carbonyl (C=O) groups is 2. The lowest BCUT2D eigenvalue weighted by Crippen LogP contribution is -2.47. The molecular formula is C12H22N2O3. The van der Waals surface area contributed by atoms with Crippen LogP contribution in [0.5, 0.6) is 0 Å². The molecule has 5 nitrogen and oxygen atoms in total. The van der Waals surface area contributed by atoms with Crippen molar-refractivity contribution >= 4 is 11.9 Å². The Morgan fingerprint density at radius 1 is 1.29 bits per heavy atom. The van der Waals surface area contributed by atoms with Gasteiger partial charge in [-0.1, -0.05) is 19.3 Å². The molecule has 98 valence electrons. The second-order valence-corrected chi connectivity index (χ2v) is 4.87. The molecule has 3 atom stereocenters. The standard InChI is InChI=1S/C12H22N2O3/c1-8(12(16)17)14(2)11(15)9-6-4-3-5-7-10(9)13/h8-10H,3-7,13H2,1-2H3,(H,16,17). The van der Waals surface area contributed by atoms with Crippen LogP contribution >= 0.6 is 0 Å². The molecule has 0 aromatic heterocycles. The van der Waals surface area contributed by atoms with Crippen molar-refractivity contribution in [3.05, 3.63) is 0 Å². The topological polar surface area (TPSA) is 83.6 Å². The first-order chi connectivity index (χ1) is 7.95. The van der Waals surface area contributed by atoms with Gasteiger partial charge in [-0.25, -0.2) is 4.79 Å². The molecule has 1 fully saturated rings. The van der Waals surface area contributed by atoms with Crippen LogP contribution in [0.3, 0.4) is 0 Å². The van der Waals surface area contributed by atoms with Crippen LogP contribution in [-0.2, 0) is 9.59 Å². The Labute approximate surface area is 102 Å². The van der Waals surface area contributed by atoms with Crippen LogP contribution in [0, 0.1) is 5.92 Å². The minimum absolute atomic E-state index is 0.130. The number of carboxylic acids is 1. The minimum Gasteiger partial charge on any atom is -0.480 e. The van der Waals surface area contributed by atoms with Gasteiger partial charge in [-0.05, 0) is 19.8 Å². The Bertz CT molecular complexity index is 293. The predicted molar refractivity (Wildman–Crippen MR) is 64.4 cm³/mol. The molecule has 17 heavy (non-hydrogen) atoms. The van der Waals surface area contributed by atoms with Crippen LogP contribution < -0.4 is 5.73 Å². The molecule has 5 heteroatoms. The average molecular weight is 242 g/mol. The summed E-state index contributed by atoms with van der Waals surface area (Å²) in [6.07, 6.45) is 4.79. The van der Waals surface area contributed by atoms with Gasteiger partial charge in [0.2, 0.25) is 5.91 Å². The molecule has 0 radical (unpaired) electrons. The molecule has 0 aromatic carbocycles. The van der Waals surface area contributed by atoms with Gasteiger partial charge in [0.25, 0.3) is 0 Å². The smallest absolute Gasteiger partial charge is 0.326 e. The molecule has 3 N–H and O–H groups in total. The third-order valence-corrected chi connectivity index (χ3v) is 3.67. The molecule has 0 saturated heterocycles. The Kier molecular flexibility index (Phi) is 4.93. The van der Waals surface area contributed by atoms with E-state index in [-0.39, 0.29) is 17.9 Å². The lowest BCUT2D eigenvalue weighted by molar-refractivity contribution is -0.150. The third-order valence-electron chi connectivity index (χ3n) is 3.67. The number of aliphatic carboxylic acids is 1. The van der Waals surface area contributed by atoms with Gasteiger partial charge >= 0.3 is 5.97 Å². The largest absolute Gasteiger partial charge is 0.480 e. The van der Waals surface area contributed by atoms with Gasteiger partial charge in [0.1, 0.15) is 6.04 Å². The van der Waals surface area contributed by atoms with Gasteiger partial charge in [0.05, 0.1) is 5.92 Å². The number of carboxylic acid groups (broad SMARTS) is 1. The highest BCUT2D eigenvalue weighted by atomic mass is 16.4. The van der Waals surface area contributed by atoms with Crippen LogP contribution in [0.2, 0.25) is 0 Å². The van der Waals surface area contributed by atoms with Crippen molar-refractivity contribution in [3.63, 3.8) is 0 Å². The highest BCUT2D eigenvalue weighted by Crippen LogP contribution is 2.24. The van der Waals surface area contributed by atoms with E-state index in [4.69, 9.17) is 10.8 Å². The summed E-state index contributed by atoms with van der Waals surface area (Å²) in [6, 6.07) is -0.925. The van der Waals surface area contributed by atoms with E-state index in [1.54, 1.807) is 7.05 Å². The fourth-order valence-corrected chi connectivity index (χ4v) is 2.26. The first kappa shape index (κ1) is 14.0. The van der Waals surface area contributed by atoms with Gasteiger partial charge in [0, 0.05) is 13.1 Å². The lowest BCUT2D eigenvalue weighted by atomic mass is 9.93. The molecule has 0 bridgehead atoms. The average Bonchev–Trinajstić information content (AvgIpc) is 2.50. The van der Waals surface area contributed by atoms with Crippen molar-refractivity contribution in [3.8, 4) is 0 Å². The van der Waals surface area contributed by atoms with E-state index in [9.17, 15) is 9.59 Å². The van der Waals surface area contributed by atoms with Crippen molar-refractivity contribution in [1.29, 1.82) is 0 Å². The highest BCUT2D eigenvalue weighted by Gasteiger charge is 2.32. The van der Waals surface area contributed by atoms with Gasteiger partial charge < -0.3 is 15.7 Å². The van der Waals surface area contributed by atoms with Crippen molar-refractivity contribution < 1.29 is 14.7 Å². The molecular weight excluding hydrogens is 220 g/mol. The fourth-order valence-electron chi connectivity index (χ4n) is 2.26. The first-order valence-electron chi connectivity index (χ1n) is 6.20. The van der Waals surface area contributed by atoms with Gasteiger partial charge in [-0.2, -0.15) is 0 Å². The number of carbonyl (C=O) groups excluding carboxylic acids is 1. The number of likely N-dealkylation sites (N-methyl/N-ethyl adjacent to an activating group) is 1. The molecule has 1 saturated carbocycles. The van der Waals surface area contributed by atoms with E-state index in [2.05, 4.69) is 0 Å². The second-order valence-electron chi connectivity index (χ2n) is 4.87. The Balaban J connectivity index is 2.69. The predicted octanol–water partition coefficient (Wildman–Crippen LogP) is 0.825. The molecule has 1 aliphatic rings. The monoisotopic (exact) mass is 242 g/mol. The number of nitrogens with two attached hydrogens (primary N) is 1. The first-order valence-corrected chi connectivity index (χ1v) is 6.20. The second kappa shape index (κ2) is 6.00. The van der Waals surface area contributed by atoms with E-state index in [0.717, 1.165) is 32.1 Å². The normalized spacial score (nSPS) is 27.0. The number of rotatable bonds is 3. The Morgan fingerprint density at radius 2 is 1.88 bits per heavy atom. The molecule has 0 heterocycles. The summed E-state index contributed by atoms with van der Waals surface area (Å²) in [5, 5.41) is 8.90. The van der Waals surface area contributed by atoms with Gasteiger partial charge in [-0.3, -0.25) is 4.79 Å². The van der Waals surface area contributed by atoms with Gasteiger partial charge in [-0.15, -0.1) is 0 Å². The van der Waals surface area contributed by atoms with Crippen LogP contribution in [0.4, 0.5) is 0 Å². The number of nitrogens with zero attached hydrogens (tertiary/aromatic N) is 1. The number of hydrogen-bond acceptors (Lipinski definition) is 3. The molecule has 1 amide bonds. The van der Waals surface area contributed by atoms with Crippen LogP contribution in [0.15, 0.2) is 0 Å². The summed E-state index contributed by atoms with van der Waals surface area (Å²) < 4.78 is 0. The molecule has 0 spiro atoms. The maximum Gasteiger partial charge on any atom is 0.326 e. The van der Waals surface area contributed by atoms with Crippen molar-refractivity contribution in [2.75, 3.05) is 7.05 Å². The van der Waals surface area contributed by atoms with E-state index in [1.165, 1.54) is 11.8 Å². The van der Waals surface area contributed by atoms with Gasteiger partial charge in [0.15, 0.2) is 0 Å². The van der Waals surface area contributed by atoms with Crippen molar-refractivity contribution in [2.24, 2.45) is 11.7 Å². The number of amides is 1. The zero-order valence-electron chi connectivity index (χ0n) is 10.6. The molecule has 0 aliphatic heterocycles. The molecule has 3 unspecified atom stereocenters. The fraction of sp³-hybridized carbons (Fsp3) is 0.833. The number of hydrogen-bond donors (Lipinski definition) is 2. The minimum atomic E-state index is -0.983. The zero-order chi connectivity index (χ0) is 13.0. The quantitative estimate of drug-likeness (QED) is 0.718. The summed E-state index contributed by atoms with van der Waals surface area (Å²) in [5.74, 6) is -1.33. The van der Waals surface area contributed by atoms with E-state index < -0.39 is 12.0 Å². The van der Waals surface area contributed by atoms with E-state index in [0.29, 0.717) is 0 Å². The summed E-state index contributed by atoms with van der Waals surface area (Å²) in [5.41, 5.74) is 6.00. The molecule has 1 rings (SSSR count). The highest BCUT2D eigenvalue weighted by molar-refractivity contribution is 5.85. The third kappa shape index (κ3) is 3.43. The molecule has 0 aromatic rings. The Hall–Kier alpha value is -1.10. The van der Waals surface area contributed by atoms with Crippen LogP contribution in [0.25, 0.3) is 0 Å². The molecule has 1 aliphatic carbocycles. The van der Waals surface area contributed by atoms with Crippen molar-refractivity contribution in [2.45, 2.75) is 51.1 Å². The lowest BCUT2D eigenvalue weighted by Gasteiger charge is -2.28. The summed E-state index contributed by atoms with van der Waals surface area (Å²) in [7, 11) is 1.54. The van der Waals surface area contributed by atoms with Crippen molar-refractivity contribution in [1.82, 2.24) is 4.90 Å². The maximum atomic E-state index is 12.2. The summed E-state index contributed by atoms with van der Waals surface area (Å²) in [4.78, 5) is 24.3. The zero-order valence-corrected chi connectivity index (χ0v) is 10.6. The summed E-state index contributed by atoms with van der Waals surface area (Å²) >= 11 is 0.